The first kappa shape index (κ1) is 10.9. The topological polar surface area (TPSA) is 0 Å². The Morgan fingerprint density at radius 3 is 1.29 bits per heavy atom. The van der Waals surface area contributed by atoms with Crippen molar-refractivity contribution in [1.29, 1.82) is 0 Å². The molecule has 0 saturated carbocycles. The second kappa shape index (κ2) is 9.92. The zero-order valence-electron chi connectivity index (χ0n) is 7.08. The molecule has 0 amide bonds. The molecule has 0 heteroatoms. The minimum Gasteiger partial charge on any atom is -0.358 e. The SMILES string of the molecule is [C-]#CC#CC#CC#CC#CC#CC#C. The molecule has 0 bridgehead atoms. The predicted octanol–water partition coefficient (Wildman–Crippen LogP) is 0.226. The van der Waals surface area contributed by atoms with Crippen LogP contribution in [0.25, 0.3) is 0 Å². The summed E-state index contributed by atoms with van der Waals surface area (Å²) in [5, 5.41) is 0. The average Bonchev–Trinajstić information content (AvgIpc) is 2.21. The Kier molecular flexibility index (Phi) is 7.74. The van der Waals surface area contributed by atoms with E-state index in [1.54, 1.807) is 0 Å². The maximum atomic E-state index is 6.43. The van der Waals surface area contributed by atoms with Crippen molar-refractivity contribution in [1.82, 2.24) is 0 Å². The largest absolute Gasteiger partial charge is 0.358 e. The summed E-state index contributed by atoms with van der Waals surface area (Å²) in [4.78, 5) is 0. The number of hydrogen-bond donors (Lipinski definition) is 0. The van der Waals surface area contributed by atoms with Crippen molar-refractivity contribution in [2.24, 2.45) is 0 Å². The second-order valence-electron chi connectivity index (χ2n) is 1.52. The molecular formula is C14H-. The quantitative estimate of drug-likeness (QED) is 0.359. The average molecular weight is 169 g/mol. The lowest BCUT2D eigenvalue weighted by atomic mass is 10.5. The lowest BCUT2D eigenvalue weighted by Gasteiger charge is -1.63. The van der Waals surface area contributed by atoms with Crippen LogP contribution >= 0.6 is 0 Å². The first-order valence-electron chi connectivity index (χ1n) is 3.29. The molecule has 0 atom stereocenters. The summed E-state index contributed by atoms with van der Waals surface area (Å²) in [7, 11) is 0. The number of rotatable bonds is 0. The molecule has 0 heterocycles. The van der Waals surface area contributed by atoms with Gasteiger partial charge in [-0.05, 0) is 53.3 Å². The van der Waals surface area contributed by atoms with Crippen LogP contribution in [-0.4, -0.2) is 0 Å². The van der Waals surface area contributed by atoms with Gasteiger partial charge in [0.15, 0.2) is 0 Å². The highest BCUT2D eigenvalue weighted by Crippen LogP contribution is 1.56. The van der Waals surface area contributed by atoms with Crippen molar-refractivity contribution >= 4 is 0 Å². The smallest absolute Gasteiger partial charge is 0.0000000118 e. The summed E-state index contributed by atoms with van der Waals surface area (Å²) in [5.41, 5.74) is 0. The van der Waals surface area contributed by atoms with E-state index in [4.69, 9.17) is 12.8 Å². The molecule has 0 aromatic carbocycles. The van der Waals surface area contributed by atoms with E-state index in [0.717, 1.165) is 0 Å². The first-order valence-corrected chi connectivity index (χ1v) is 3.29. The maximum absolute atomic E-state index is 6.43. The van der Waals surface area contributed by atoms with E-state index in [-0.39, 0.29) is 0 Å². The molecule has 0 rings (SSSR count). The Hall–Kier alpha value is -3.08. The highest BCUT2D eigenvalue weighted by Gasteiger charge is 1.54. The molecule has 0 saturated heterocycles. The van der Waals surface area contributed by atoms with Gasteiger partial charge in [-0.25, -0.2) is 5.92 Å². The third-order valence-corrected chi connectivity index (χ3v) is 0.697. The molecule has 0 aliphatic rings. The van der Waals surface area contributed by atoms with E-state index in [1.165, 1.54) is 0 Å². The van der Waals surface area contributed by atoms with Crippen LogP contribution in [0.2, 0.25) is 0 Å². The van der Waals surface area contributed by atoms with E-state index in [1.807, 2.05) is 5.92 Å². The third-order valence-electron chi connectivity index (χ3n) is 0.697. The van der Waals surface area contributed by atoms with E-state index in [2.05, 4.69) is 65.1 Å². The minimum absolute atomic E-state index is 1.87. The van der Waals surface area contributed by atoms with Crippen LogP contribution in [0.5, 0.6) is 0 Å². The Bertz CT molecular complexity index is 521. The summed E-state index contributed by atoms with van der Waals surface area (Å²) in [6, 6.07) is 0. The fourth-order valence-electron chi connectivity index (χ4n) is 0.317. The Morgan fingerprint density at radius 2 is 0.929 bits per heavy atom. The van der Waals surface area contributed by atoms with Gasteiger partial charge in [-0.2, -0.15) is 0 Å². The zero-order valence-corrected chi connectivity index (χ0v) is 7.08. The van der Waals surface area contributed by atoms with Crippen molar-refractivity contribution in [2.75, 3.05) is 0 Å². The maximum Gasteiger partial charge on any atom is -0.0000000118 e. The van der Waals surface area contributed by atoms with Gasteiger partial charge in [0.1, 0.15) is 0 Å². The molecule has 0 unspecified atom stereocenters. The summed E-state index contributed by atoms with van der Waals surface area (Å²) in [5.74, 6) is 27.7. The summed E-state index contributed by atoms with van der Waals surface area (Å²) in [6.45, 7) is 0. The highest BCUT2D eigenvalue weighted by molar-refractivity contribution is 5.44. The van der Waals surface area contributed by atoms with Crippen LogP contribution in [0, 0.1) is 83.9 Å². The molecule has 0 spiro atoms. The van der Waals surface area contributed by atoms with E-state index in [0.29, 0.717) is 0 Å². The Morgan fingerprint density at radius 1 is 0.571 bits per heavy atom. The lowest BCUT2D eigenvalue weighted by Crippen LogP contribution is -1.54. The van der Waals surface area contributed by atoms with Gasteiger partial charge in [0.05, 0.1) is 0 Å². The predicted molar refractivity (Wildman–Crippen MR) is 54.8 cm³/mol. The monoisotopic (exact) mass is 169 g/mol. The molecule has 0 fully saturated rings. The molecule has 0 aromatic heterocycles. The zero-order chi connectivity index (χ0) is 10.5. The van der Waals surface area contributed by atoms with Gasteiger partial charge in [0.2, 0.25) is 0 Å². The van der Waals surface area contributed by atoms with Gasteiger partial charge in [-0.3, -0.25) is 5.92 Å². The van der Waals surface area contributed by atoms with Crippen LogP contribution in [0.4, 0.5) is 0 Å². The highest BCUT2D eigenvalue weighted by atomic mass is 13.6. The Balaban J connectivity index is 4.20. The van der Waals surface area contributed by atoms with Crippen molar-refractivity contribution in [3.63, 3.8) is 0 Å². The summed E-state index contributed by atoms with van der Waals surface area (Å²) < 4.78 is 0. The van der Waals surface area contributed by atoms with Crippen LogP contribution in [0.15, 0.2) is 0 Å². The van der Waals surface area contributed by atoms with Gasteiger partial charge < -0.3 is 6.42 Å². The van der Waals surface area contributed by atoms with Crippen molar-refractivity contribution < 1.29 is 0 Å². The molecular weight excluding hydrogens is 168 g/mol. The van der Waals surface area contributed by atoms with Crippen molar-refractivity contribution in [3.8, 4) is 77.5 Å². The Labute approximate surface area is 84.5 Å². The fourth-order valence-corrected chi connectivity index (χ4v) is 0.317. The van der Waals surface area contributed by atoms with Gasteiger partial charge in [-0.1, -0.05) is 0 Å². The van der Waals surface area contributed by atoms with E-state index < -0.39 is 0 Å². The molecule has 14 heavy (non-hydrogen) atoms. The van der Waals surface area contributed by atoms with Crippen LogP contribution in [0.3, 0.4) is 0 Å². The second-order valence-corrected chi connectivity index (χ2v) is 1.52. The van der Waals surface area contributed by atoms with Crippen LogP contribution in [0.1, 0.15) is 0 Å². The summed E-state index contributed by atoms with van der Waals surface area (Å²) in [6.07, 6.45) is 11.3. The van der Waals surface area contributed by atoms with Crippen LogP contribution in [-0.2, 0) is 0 Å². The standard InChI is InChI=1S/C14H/c1-3-5-7-9-11-13-14-12-10-8-6-4-2/h1H/q-1. The van der Waals surface area contributed by atoms with Crippen molar-refractivity contribution in [2.45, 2.75) is 0 Å². The number of terminal acetylenes is 1. The first-order chi connectivity index (χ1) is 6.91. The third kappa shape index (κ3) is 8.92. The lowest BCUT2D eigenvalue weighted by molar-refractivity contribution is 2.34. The molecule has 0 aromatic rings. The molecule has 0 N–H and O–H groups in total. The van der Waals surface area contributed by atoms with Gasteiger partial charge >= 0.3 is 0 Å². The number of hydrogen-bond acceptors (Lipinski definition) is 0. The minimum atomic E-state index is 1.87. The van der Waals surface area contributed by atoms with E-state index >= 15 is 0 Å². The molecule has 0 nitrogen and oxygen atoms in total. The normalized spacial score (nSPS) is 3.57. The van der Waals surface area contributed by atoms with E-state index in [9.17, 15) is 0 Å². The van der Waals surface area contributed by atoms with Crippen molar-refractivity contribution in [3.05, 3.63) is 6.42 Å². The van der Waals surface area contributed by atoms with Gasteiger partial charge in [0, 0.05) is 0 Å². The summed E-state index contributed by atoms with van der Waals surface area (Å²) >= 11 is 0. The van der Waals surface area contributed by atoms with Gasteiger partial charge in [-0.15, -0.1) is 12.3 Å². The fraction of sp³-hybridized carbons (Fsp3) is 0. The molecule has 0 radical (unpaired) electrons. The van der Waals surface area contributed by atoms with Gasteiger partial charge in [0.25, 0.3) is 0 Å². The van der Waals surface area contributed by atoms with Crippen LogP contribution < -0.4 is 0 Å². The molecule has 0 aliphatic heterocycles. The molecule has 58 valence electrons. The molecule has 0 aliphatic carbocycles.